The van der Waals surface area contributed by atoms with Gasteiger partial charge in [0, 0.05) is 44.6 Å². The van der Waals surface area contributed by atoms with Gasteiger partial charge in [0.25, 0.3) is 0 Å². The first-order chi connectivity index (χ1) is 13.6. The Kier molecular flexibility index (Phi) is 6.80. The number of ketones is 1. The highest BCUT2D eigenvalue weighted by Gasteiger charge is 2.23. The number of amides is 1. The molecule has 0 unspecified atom stereocenters. The fraction of sp³-hybridized carbons (Fsp3) is 0.391. The average Bonchev–Trinajstić information content (AvgIpc) is 2.73. The lowest BCUT2D eigenvalue weighted by Crippen LogP contribution is -2.49. The molecule has 1 aliphatic rings. The number of anilines is 1. The van der Waals surface area contributed by atoms with Gasteiger partial charge < -0.3 is 9.80 Å². The topological polar surface area (TPSA) is 40.6 Å². The van der Waals surface area contributed by atoms with Gasteiger partial charge in [0.1, 0.15) is 5.82 Å². The van der Waals surface area contributed by atoms with Crippen molar-refractivity contribution >= 4 is 17.4 Å². The van der Waals surface area contributed by atoms with Gasteiger partial charge in [-0.05, 0) is 24.1 Å². The number of carbonyl (C=O) groups is 2. The smallest absolute Gasteiger partial charge is 0.223 e. The molecule has 28 heavy (non-hydrogen) atoms. The Morgan fingerprint density at radius 2 is 1.61 bits per heavy atom. The number of hydrogen-bond acceptors (Lipinski definition) is 3. The summed E-state index contributed by atoms with van der Waals surface area (Å²) in [4.78, 5) is 28.6. The number of hydrogen-bond donors (Lipinski definition) is 0. The summed E-state index contributed by atoms with van der Waals surface area (Å²) in [5.41, 5.74) is 2.47. The van der Waals surface area contributed by atoms with Gasteiger partial charge in [0.15, 0.2) is 5.78 Å². The zero-order valence-electron chi connectivity index (χ0n) is 16.4. The van der Waals surface area contributed by atoms with E-state index in [1.165, 1.54) is 11.6 Å². The van der Waals surface area contributed by atoms with E-state index >= 15 is 0 Å². The summed E-state index contributed by atoms with van der Waals surface area (Å²) in [5.74, 6) is -0.247. The second kappa shape index (κ2) is 9.49. The number of carbonyl (C=O) groups excluding carboxylic acids is 2. The van der Waals surface area contributed by atoms with Gasteiger partial charge in [-0.3, -0.25) is 9.59 Å². The Morgan fingerprint density at radius 1 is 0.929 bits per heavy atom. The largest absolute Gasteiger partial charge is 0.366 e. The molecule has 2 aromatic carbocycles. The van der Waals surface area contributed by atoms with Crippen LogP contribution in [0.3, 0.4) is 0 Å². The molecule has 4 nitrogen and oxygen atoms in total. The normalized spacial score (nSPS) is 14.2. The Labute approximate surface area is 166 Å². The number of Topliss-reactive ketones (excluding diaryl/α,β-unsaturated/α-hetero) is 1. The van der Waals surface area contributed by atoms with Crippen LogP contribution in [-0.2, 0) is 11.2 Å². The number of halogens is 1. The van der Waals surface area contributed by atoms with Crippen molar-refractivity contribution in [1.29, 1.82) is 0 Å². The van der Waals surface area contributed by atoms with Gasteiger partial charge in [0.05, 0.1) is 5.69 Å². The highest BCUT2D eigenvalue weighted by Crippen LogP contribution is 2.20. The standard InChI is InChI=1S/C23H27FN2O2/c1-2-5-18-8-10-19(11-9-18)22(27)12-13-23(28)26-16-14-25(15-17-26)21-7-4-3-6-20(21)24/h3-4,6-11H,2,5,12-17H2,1H3. The van der Waals surface area contributed by atoms with Crippen molar-refractivity contribution in [3.63, 3.8) is 0 Å². The number of benzene rings is 2. The van der Waals surface area contributed by atoms with E-state index in [2.05, 4.69) is 6.92 Å². The SMILES string of the molecule is CCCc1ccc(C(=O)CCC(=O)N2CCN(c3ccccc3F)CC2)cc1. The predicted octanol–water partition coefficient (Wildman–Crippen LogP) is 4.09. The van der Waals surface area contributed by atoms with Crippen LogP contribution in [-0.4, -0.2) is 42.8 Å². The third-order valence-corrected chi connectivity index (χ3v) is 5.21. The summed E-state index contributed by atoms with van der Waals surface area (Å²) in [6, 6.07) is 14.4. The van der Waals surface area contributed by atoms with Gasteiger partial charge in [0.2, 0.25) is 5.91 Å². The minimum absolute atomic E-state index is 0.00129. The molecule has 2 aromatic rings. The van der Waals surface area contributed by atoms with E-state index in [1.54, 1.807) is 17.0 Å². The Balaban J connectivity index is 1.46. The average molecular weight is 382 g/mol. The highest BCUT2D eigenvalue weighted by molar-refractivity contribution is 5.98. The van der Waals surface area contributed by atoms with Gasteiger partial charge in [-0.15, -0.1) is 0 Å². The molecule has 1 amide bonds. The predicted molar refractivity (Wildman–Crippen MR) is 109 cm³/mol. The van der Waals surface area contributed by atoms with E-state index in [0.29, 0.717) is 37.4 Å². The van der Waals surface area contributed by atoms with Crippen molar-refractivity contribution in [2.24, 2.45) is 0 Å². The molecular weight excluding hydrogens is 355 g/mol. The fourth-order valence-electron chi connectivity index (χ4n) is 3.57. The molecular formula is C23H27FN2O2. The maximum absolute atomic E-state index is 13.9. The summed E-state index contributed by atoms with van der Waals surface area (Å²) in [6.07, 6.45) is 2.52. The zero-order chi connectivity index (χ0) is 19.9. The number of aryl methyl sites for hydroxylation is 1. The summed E-state index contributed by atoms with van der Waals surface area (Å²) in [5, 5.41) is 0. The second-order valence-electron chi connectivity index (χ2n) is 7.19. The highest BCUT2D eigenvalue weighted by atomic mass is 19.1. The number of piperazine rings is 1. The van der Waals surface area contributed by atoms with Gasteiger partial charge in [-0.1, -0.05) is 49.7 Å². The molecule has 0 atom stereocenters. The Morgan fingerprint density at radius 3 is 2.25 bits per heavy atom. The number of para-hydroxylation sites is 1. The van der Waals surface area contributed by atoms with E-state index in [-0.39, 0.29) is 30.3 Å². The van der Waals surface area contributed by atoms with Crippen LogP contribution in [0.1, 0.15) is 42.1 Å². The lowest BCUT2D eigenvalue weighted by Gasteiger charge is -2.36. The van der Waals surface area contributed by atoms with Crippen molar-refractivity contribution in [2.75, 3.05) is 31.1 Å². The van der Waals surface area contributed by atoms with Crippen molar-refractivity contribution in [2.45, 2.75) is 32.6 Å². The molecule has 0 aliphatic carbocycles. The van der Waals surface area contributed by atoms with Crippen LogP contribution in [0.2, 0.25) is 0 Å². The van der Waals surface area contributed by atoms with E-state index < -0.39 is 0 Å². The van der Waals surface area contributed by atoms with Crippen molar-refractivity contribution in [1.82, 2.24) is 4.90 Å². The Bertz CT molecular complexity index is 812. The maximum atomic E-state index is 13.9. The third kappa shape index (κ3) is 4.97. The molecule has 0 N–H and O–H groups in total. The first kappa shape index (κ1) is 20.1. The van der Waals surface area contributed by atoms with Crippen LogP contribution in [0, 0.1) is 5.82 Å². The van der Waals surface area contributed by atoms with Gasteiger partial charge in [-0.25, -0.2) is 4.39 Å². The molecule has 0 bridgehead atoms. The van der Waals surface area contributed by atoms with Gasteiger partial charge in [-0.2, -0.15) is 0 Å². The van der Waals surface area contributed by atoms with Crippen molar-refractivity contribution in [3.8, 4) is 0 Å². The maximum Gasteiger partial charge on any atom is 0.223 e. The molecule has 5 heteroatoms. The second-order valence-corrected chi connectivity index (χ2v) is 7.19. The first-order valence-electron chi connectivity index (χ1n) is 9.98. The lowest BCUT2D eigenvalue weighted by atomic mass is 10.0. The first-order valence-corrected chi connectivity index (χ1v) is 9.98. The molecule has 148 valence electrons. The summed E-state index contributed by atoms with van der Waals surface area (Å²) >= 11 is 0. The molecule has 1 fully saturated rings. The van der Waals surface area contributed by atoms with Crippen LogP contribution in [0.5, 0.6) is 0 Å². The van der Waals surface area contributed by atoms with E-state index in [0.717, 1.165) is 12.8 Å². The minimum Gasteiger partial charge on any atom is -0.366 e. The third-order valence-electron chi connectivity index (χ3n) is 5.21. The van der Waals surface area contributed by atoms with Crippen molar-refractivity contribution in [3.05, 3.63) is 65.5 Å². The summed E-state index contributed by atoms with van der Waals surface area (Å²) < 4.78 is 13.9. The quantitative estimate of drug-likeness (QED) is 0.677. The summed E-state index contributed by atoms with van der Waals surface area (Å²) in [6.45, 7) is 4.42. The monoisotopic (exact) mass is 382 g/mol. The zero-order valence-corrected chi connectivity index (χ0v) is 16.4. The van der Waals surface area contributed by atoms with E-state index in [4.69, 9.17) is 0 Å². The van der Waals surface area contributed by atoms with Crippen LogP contribution in [0.15, 0.2) is 48.5 Å². The summed E-state index contributed by atoms with van der Waals surface area (Å²) in [7, 11) is 0. The van der Waals surface area contributed by atoms with Crippen molar-refractivity contribution < 1.29 is 14.0 Å². The molecule has 0 aromatic heterocycles. The molecule has 0 spiro atoms. The van der Waals surface area contributed by atoms with E-state index in [1.807, 2.05) is 35.2 Å². The molecule has 1 saturated heterocycles. The Hall–Kier alpha value is -2.69. The minimum atomic E-state index is -0.238. The lowest BCUT2D eigenvalue weighted by molar-refractivity contribution is -0.131. The molecule has 3 rings (SSSR count). The van der Waals surface area contributed by atoms with Crippen LogP contribution >= 0.6 is 0 Å². The number of rotatable bonds is 7. The molecule has 1 heterocycles. The van der Waals surface area contributed by atoms with Crippen LogP contribution in [0.25, 0.3) is 0 Å². The number of nitrogens with zero attached hydrogens (tertiary/aromatic N) is 2. The van der Waals surface area contributed by atoms with Crippen LogP contribution in [0.4, 0.5) is 10.1 Å². The van der Waals surface area contributed by atoms with E-state index in [9.17, 15) is 14.0 Å². The van der Waals surface area contributed by atoms with Gasteiger partial charge >= 0.3 is 0 Å². The van der Waals surface area contributed by atoms with Crippen LogP contribution < -0.4 is 4.90 Å². The molecule has 0 radical (unpaired) electrons. The molecule has 1 aliphatic heterocycles. The fourth-order valence-corrected chi connectivity index (χ4v) is 3.57. The molecule has 0 saturated carbocycles.